The van der Waals surface area contributed by atoms with Crippen LogP contribution in [0, 0.1) is 11.6 Å². The normalized spacial score (nSPS) is 19.0. The van der Waals surface area contributed by atoms with Gasteiger partial charge < -0.3 is 15.1 Å². The summed E-state index contributed by atoms with van der Waals surface area (Å²) in [6, 6.07) is 8.13. The van der Waals surface area contributed by atoms with Crippen LogP contribution in [-0.2, 0) is 0 Å². The second kappa shape index (κ2) is 7.22. The standard InChI is InChI=1S/C21H21F2N3O2/c1-25-18-11-13(20(27)24-14-7-9-16(22)17(23)12-14)6-8-15(18)21(28)26-10-4-2-3-5-19(25)26/h6-9,11-12,19H,2-5,10H2,1H3,(H,24,27)/t19-/m0/s1. The first kappa shape index (κ1) is 18.4. The van der Waals surface area contributed by atoms with Crippen LogP contribution in [0.4, 0.5) is 20.2 Å². The van der Waals surface area contributed by atoms with Gasteiger partial charge in [-0.05, 0) is 49.6 Å². The molecule has 7 heteroatoms. The van der Waals surface area contributed by atoms with Gasteiger partial charge >= 0.3 is 0 Å². The molecule has 2 heterocycles. The van der Waals surface area contributed by atoms with Crippen LogP contribution in [-0.4, -0.2) is 36.5 Å². The Kier molecular flexibility index (Phi) is 4.75. The van der Waals surface area contributed by atoms with Gasteiger partial charge in [0.1, 0.15) is 6.17 Å². The SMILES string of the molecule is CN1c2cc(C(=O)Nc3ccc(F)c(F)c3)ccc2C(=O)N2CCCCC[C@H]21. The zero-order chi connectivity index (χ0) is 19.8. The predicted molar refractivity (Wildman–Crippen MR) is 102 cm³/mol. The van der Waals surface area contributed by atoms with Gasteiger partial charge in [-0.1, -0.05) is 6.42 Å². The molecule has 2 amide bonds. The molecule has 5 nitrogen and oxygen atoms in total. The first-order valence-electron chi connectivity index (χ1n) is 9.40. The highest BCUT2D eigenvalue weighted by Crippen LogP contribution is 2.34. The summed E-state index contributed by atoms with van der Waals surface area (Å²) in [4.78, 5) is 29.5. The van der Waals surface area contributed by atoms with E-state index in [1.165, 1.54) is 6.07 Å². The van der Waals surface area contributed by atoms with Crippen LogP contribution < -0.4 is 10.2 Å². The number of rotatable bonds is 2. The Bertz CT molecular complexity index is 947. The van der Waals surface area contributed by atoms with Crippen LogP contribution in [0.25, 0.3) is 0 Å². The Labute approximate surface area is 161 Å². The molecular weight excluding hydrogens is 364 g/mol. The zero-order valence-corrected chi connectivity index (χ0v) is 15.5. The van der Waals surface area contributed by atoms with Crippen molar-refractivity contribution in [1.29, 1.82) is 0 Å². The lowest BCUT2D eigenvalue weighted by Crippen LogP contribution is -2.53. The number of anilines is 2. The molecule has 0 unspecified atom stereocenters. The molecule has 0 aromatic heterocycles. The maximum Gasteiger partial charge on any atom is 0.257 e. The van der Waals surface area contributed by atoms with Gasteiger partial charge in [-0.15, -0.1) is 0 Å². The third kappa shape index (κ3) is 3.21. The number of carbonyl (C=O) groups is 2. The minimum Gasteiger partial charge on any atom is -0.354 e. The predicted octanol–water partition coefficient (Wildman–Crippen LogP) is 4.01. The smallest absolute Gasteiger partial charge is 0.257 e. The Balaban J connectivity index is 1.62. The lowest BCUT2D eigenvalue weighted by Gasteiger charge is -2.43. The summed E-state index contributed by atoms with van der Waals surface area (Å²) in [5, 5.41) is 2.57. The minimum atomic E-state index is -1.03. The largest absolute Gasteiger partial charge is 0.354 e. The topological polar surface area (TPSA) is 52.7 Å². The number of nitrogens with one attached hydrogen (secondary N) is 1. The van der Waals surface area contributed by atoms with Crippen LogP contribution in [0.5, 0.6) is 0 Å². The van der Waals surface area contributed by atoms with Crippen molar-refractivity contribution in [2.45, 2.75) is 31.8 Å². The summed E-state index contributed by atoms with van der Waals surface area (Å²) in [5.74, 6) is -2.45. The highest BCUT2D eigenvalue weighted by atomic mass is 19.2. The molecule has 0 bridgehead atoms. The second-order valence-electron chi connectivity index (χ2n) is 7.25. The number of hydrogen-bond acceptors (Lipinski definition) is 3. The van der Waals surface area contributed by atoms with E-state index in [2.05, 4.69) is 10.2 Å². The van der Waals surface area contributed by atoms with Gasteiger partial charge in [0.15, 0.2) is 11.6 Å². The maximum absolute atomic E-state index is 13.4. The fourth-order valence-electron chi connectivity index (χ4n) is 3.97. The van der Waals surface area contributed by atoms with Gasteiger partial charge in [0.25, 0.3) is 11.8 Å². The molecule has 1 N–H and O–H groups in total. The van der Waals surface area contributed by atoms with Crippen LogP contribution >= 0.6 is 0 Å². The highest BCUT2D eigenvalue weighted by Gasteiger charge is 2.36. The first-order valence-corrected chi connectivity index (χ1v) is 9.40. The molecule has 0 spiro atoms. The zero-order valence-electron chi connectivity index (χ0n) is 15.5. The first-order chi connectivity index (χ1) is 13.5. The van der Waals surface area contributed by atoms with E-state index in [1.54, 1.807) is 18.2 Å². The Morgan fingerprint density at radius 3 is 2.68 bits per heavy atom. The van der Waals surface area contributed by atoms with E-state index < -0.39 is 17.5 Å². The van der Waals surface area contributed by atoms with Gasteiger partial charge in [0.05, 0.1) is 11.3 Å². The summed E-state index contributed by atoms with van der Waals surface area (Å²) in [5.41, 5.74) is 1.81. The van der Waals surface area contributed by atoms with Crippen molar-refractivity contribution >= 4 is 23.2 Å². The molecule has 4 rings (SSSR count). The monoisotopic (exact) mass is 385 g/mol. The van der Waals surface area contributed by atoms with Gasteiger partial charge in [-0.25, -0.2) is 8.78 Å². The minimum absolute atomic E-state index is 0.00689. The molecule has 1 fully saturated rings. The summed E-state index contributed by atoms with van der Waals surface area (Å²) in [6.45, 7) is 0.742. The van der Waals surface area contributed by atoms with E-state index >= 15 is 0 Å². The number of benzene rings is 2. The molecule has 0 saturated carbocycles. The quantitative estimate of drug-likeness (QED) is 0.850. The molecule has 28 heavy (non-hydrogen) atoms. The van der Waals surface area contributed by atoms with Crippen molar-refractivity contribution in [3.63, 3.8) is 0 Å². The van der Waals surface area contributed by atoms with E-state index in [9.17, 15) is 18.4 Å². The number of amides is 2. The Morgan fingerprint density at radius 2 is 1.89 bits per heavy atom. The van der Waals surface area contributed by atoms with Gasteiger partial charge in [0, 0.05) is 30.9 Å². The Morgan fingerprint density at radius 1 is 1.07 bits per heavy atom. The van der Waals surface area contributed by atoms with Crippen molar-refractivity contribution < 1.29 is 18.4 Å². The molecular formula is C21H21F2N3O2. The third-order valence-corrected chi connectivity index (χ3v) is 5.48. The van der Waals surface area contributed by atoms with Gasteiger partial charge in [0.2, 0.25) is 0 Å². The van der Waals surface area contributed by atoms with E-state index in [-0.39, 0.29) is 17.8 Å². The molecule has 2 aromatic rings. The summed E-state index contributed by atoms with van der Waals surface area (Å²) in [6.07, 6.45) is 4.05. The summed E-state index contributed by atoms with van der Waals surface area (Å²) in [7, 11) is 1.94. The number of nitrogens with zero attached hydrogens (tertiary/aromatic N) is 2. The molecule has 2 aliphatic heterocycles. The van der Waals surface area contributed by atoms with Crippen LogP contribution in [0.1, 0.15) is 46.4 Å². The average Bonchev–Trinajstić information content (AvgIpc) is 2.95. The molecule has 1 atom stereocenters. The summed E-state index contributed by atoms with van der Waals surface area (Å²) >= 11 is 0. The van der Waals surface area contributed by atoms with Crippen LogP contribution in [0.2, 0.25) is 0 Å². The van der Waals surface area contributed by atoms with Gasteiger partial charge in [-0.2, -0.15) is 0 Å². The molecule has 2 aliphatic rings. The van der Waals surface area contributed by atoms with Crippen LogP contribution in [0.3, 0.4) is 0 Å². The third-order valence-electron chi connectivity index (χ3n) is 5.48. The van der Waals surface area contributed by atoms with E-state index in [0.29, 0.717) is 16.8 Å². The van der Waals surface area contributed by atoms with Crippen molar-refractivity contribution in [1.82, 2.24) is 4.90 Å². The van der Waals surface area contributed by atoms with E-state index in [0.717, 1.165) is 44.4 Å². The lowest BCUT2D eigenvalue weighted by molar-refractivity contribution is 0.0661. The van der Waals surface area contributed by atoms with Crippen molar-refractivity contribution in [3.8, 4) is 0 Å². The molecule has 0 aliphatic carbocycles. The molecule has 146 valence electrons. The maximum atomic E-state index is 13.4. The summed E-state index contributed by atoms with van der Waals surface area (Å²) < 4.78 is 26.4. The fourth-order valence-corrected chi connectivity index (χ4v) is 3.97. The second-order valence-corrected chi connectivity index (χ2v) is 7.25. The van der Waals surface area contributed by atoms with E-state index in [1.807, 2.05) is 11.9 Å². The molecule has 0 radical (unpaired) electrons. The van der Waals surface area contributed by atoms with Crippen LogP contribution in [0.15, 0.2) is 36.4 Å². The lowest BCUT2D eigenvalue weighted by atomic mass is 10.0. The molecule has 1 saturated heterocycles. The molecule has 2 aromatic carbocycles. The van der Waals surface area contributed by atoms with Crippen molar-refractivity contribution in [3.05, 3.63) is 59.2 Å². The number of halogens is 2. The number of carbonyl (C=O) groups excluding carboxylic acids is 2. The average molecular weight is 385 g/mol. The highest BCUT2D eigenvalue weighted by molar-refractivity contribution is 6.08. The van der Waals surface area contributed by atoms with Crippen molar-refractivity contribution in [2.24, 2.45) is 0 Å². The van der Waals surface area contributed by atoms with Gasteiger partial charge in [-0.3, -0.25) is 9.59 Å². The van der Waals surface area contributed by atoms with Crippen molar-refractivity contribution in [2.75, 3.05) is 23.8 Å². The van der Waals surface area contributed by atoms with E-state index in [4.69, 9.17) is 0 Å². The fraction of sp³-hybridized carbons (Fsp3) is 0.333. The number of fused-ring (bicyclic) bond motifs is 2. The Hall–Kier alpha value is -2.96. The number of hydrogen-bond donors (Lipinski definition) is 1.